The molecule has 0 amide bonds. The maximum atomic E-state index is 13.1. The first kappa shape index (κ1) is 23.2. The van der Waals surface area contributed by atoms with Gasteiger partial charge in [-0.1, -0.05) is 46.8 Å². The number of hydrogen-bond acceptors (Lipinski definition) is 3. The van der Waals surface area contributed by atoms with Crippen molar-refractivity contribution in [3.05, 3.63) is 63.5 Å². The van der Waals surface area contributed by atoms with Gasteiger partial charge in [-0.2, -0.15) is 13.2 Å². The molecule has 4 rings (SSSR count). The van der Waals surface area contributed by atoms with E-state index in [-0.39, 0.29) is 11.3 Å². The lowest BCUT2D eigenvalue weighted by Crippen LogP contribution is -2.31. The lowest BCUT2D eigenvalue weighted by molar-refractivity contribution is -0.137. The van der Waals surface area contributed by atoms with Gasteiger partial charge < -0.3 is 9.84 Å². The summed E-state index contributed by atoms with van der Waals surface area (Å²) in [5.41, 5.74) is 3.89. The maximum Gasteiger partial charge on any atom is 0.416 e. The van der Waals surface area contributed by atoms with Crippen LogP contribution in [-0.4, -0.2) is 10.1 Å². The second kappa shape index (κ2) is 7.56. The first-order valence-corrected chi connectivity index (χ1v) is 11.4. The third-order valence-corrected chi connectivity index (χ3v) is 7.04. The van der Waals surface area contributed by atoms with E-state index in [4.69, 9.17) is 9.72 Å². The van der Waals surface area contributed by atoms with Gasteiger partial charge in [-0.05, 0) is 60.8 Å². The van der Waals surface area contributed by atoms with E-state index in [0.717, 1.165) is 46.6 Å². The molecule has 0 bridgehead atoms. The van der Waals surface area contributed by atoms with Crippen molar-refractivity contribution in [2.45, 2.75) is 90.7 Å². The molecule has 1 aromatic heterocycles. The van der Waals surface area contributed by atoms with Gasteiger partial charge in [0.2, 0.25) is 0 Å². The fraction of sp³-hybridized carbons (Fsp3) is 0.577. The molecule has 2 aliphatic rings. The molecule has 2 heterocycles. The van der Waals surface area contributed by atoms with Gasteiger partial charge in [0, 0.05) is 22.5 Å². The van der Waals surface area contributed by atoms with Gasteiger partial charge in [0.05, 0.1) is 17.3 Å². The van der Waals surface area contributed by atoms with Gasteiger partial charge >= 0.3 is 6.18 Å². The molecule has 174 valence electrons. The van der Waals surface area contributed by atoms with Crippen LogP contribution in [-0.2, 0) is 22.9 Å². The third kappa shape index (κ3) is 3.75. The number of alkyl halides is 3. The number of rotatable bonds is 3. The predicted molar refractivity (Wildman–Crippen MR) is 117 cm³/mol. The van der Waals surface area contributed by atoms with E-state index in [1.54, 1.807) is 0 Å². The Balaban J connectivity index is 1.95. The van der Waals surface area contributed by atoms with Crippen molar-refractivity contribution in [1.82, 2.24) is 4.98 Å². The van der Waals surface area contributed by atoms with E-state index in [1.807, 2.05) is 13.8 Å². The molecule has 3 atom stereocenters. The van der Waals surface area contributed by atoms with Gasteiger partial charge in [-0.15, -0.1) is 0 Å². The van der Waals surface area contributed by atoms with Crippen LogP contribution in [0.25, 0.3) is 0 Å². The lowest BCUT2D eigenvalue weighted by atomic mass is 9.70. The van der Waals surface area contributed by atoms with Gasteiger partial charge in [0.25, 0.3) is 0 Å². The Labute approximate surface area is 188 Å². The lowest BCUT2D eigenvalue weighted by Gasteiger charge is -2.38. The summed E-state index contributed by atoms with van der Waals surface area (Å²) in [6.07, 6.45) is -3.45. The number of pyridine rings is 1. The van der Waals surface area contributed by atoms with Crippen LogP contribution in [0.1, 0.15) is 112 Å². The van der Waals surface area contributed by atoms with Crippen molar-refractivity contribution >= 4 is 0 Å². The Bertz CT molecular complexity index is 1030. The Morgan fingerprint density at radius 1 is 1.12 bits per heavy atom. The summed E-state index contributed by atoms with van der Waals surface area (Å²) in [7, 11) is 0. The smallest absolute Gasteiger partial charge is 0.388 e. The maximum absolute atomic E-state index is 13.1. The van der Waals surface area contributed by atoms with Crippen molar-refractivity contribution in [3.63, 3.8) is 0 Å². The first-order valence-electron chi connectivity index (χ1n) is 11.4. The van der Waals surface area contributed by atoms with Crippen LogP contribution in [0.5, 0.6) is 0 Å². The SMILES string of the molecule is CCC1(C)OC(c2ccc(C(F)(F)F)cc2)c2c(C(C)C)nc3c(c21)C(O)CC(C)(C)C3. The molecule has 0 fully saturated rings. The zero-order valence-electron chi connectivity index (χ0n) is 19.6. The highest BCUT2D eigenvalue weighted by Crippen LogP contribution is 2.55. The number of halogens is 3. The van der Waals surface area contributed by atoms with Crippen LogP contribution in [0, 0.1) is 5.41 Å². The van der Waals surface area contributed by atoms with Crippen LogP contribution >= 0.6 is 0 Å². The Kier molecular flexibility index (Phi) is 5.49. The molecule has 2 aromatic rings. The minimum absolute atomic E-state index is 0.0587. The number of fused-ring (bicyclic) bond motifs is 3. The summed E-state index contributed by atoms with van der Waals surface area (Å²) >= 11 is 0. The van der Waals surface area contributed by atoms with E-state index in [9.17, 15) is 18.3 Å². The topological polar surface area (TPSA) is 42.4 Å². The highest BCUT2D eigenvalue weighted by atomic mass is 19.4. The highest BCUT2D eigenvalue weighted by molar-refractivity contribution is 5.54. The van der Waals surface area contributed by atoms with Crippen LogP contribution < -0.4 is 0 Å². The second-order valence-electron chi connectivity index (χ2n) is 10.6. The minimum Gasteiger partial charge on any atom is -0.388 e. The zero-order chi connectivity index (χ0) is 23.6. The quantitative estimate of drug-likeness (QED) is 0.552. The van der Waals surface area contributed by atoms with E-state index >= 15 is 0 Å². The average Bonchev–Trinajstić information content (AvgIpc) is 2.99. The average molecular weight is 448 g/mol. The molecule has 1 aliphatic heterocycles. The molecule has 1 aliphatic carbocycles. The molecular weight excluding hydrogens is 415 g/mol. The molecule has 32 heavy (non-hydrogen) atoms. The monoisotopic (exact) mass is 447 g/mol. The van der Waals surface area contributed by atoms with Crippen molar-refractivity contribution in [1.29, 1.82) is 0 Å². The molecule has 6 heteroatoms. The molecule has 0 saturated heterocycles. The summed E-state index contributed by atoms with van der Waals surface area (Å²) < 4.78 is 45.9. The summed E-state index contributed by atoms with van der Waals surface area (Å²) in [4.78, 5) is 5.04. The molecule has 3 unspecified atom stereocenters. The Morgan fingerprint density at radius 2 is 1.75 bits per heavy atom. The van der Waals surface area contributed by atoms with Crippen molar-refractivity contribution < 1.29 is 23.0 Å². The highest BCUT2D eigenvalue weighted by Gasteiger charge is 2.48. The summed E-state index contributed by atoms with van der Waals surface area (Å²) in [6, 6.07) is 5.22. The van der Waals surface area contributed by atoms with Crippen molar-refractivity contribution in [3.8, 4) is 0 Å². The van der Waals surface area contributed by atoms with Crippen LogP contribution in [0.3, 0.4) is 0 Å². The predicted octanol–water partition coefficient (Wildman–Crippen LogP) is 6.97. The van der Waals surface area contributed by atoms with Gasteiger partial charge in [0.15, 0.2) is 0 Å². The number of aliphatic hydroxyl groups is 1. The normalized spacial score (nSPS) is 26.8. The summed E-state index contributed by atoms with van der Waals surface area (Å²) in [6.45, 7) is 12.5. The minimum atomic E-state index is -4.38. The number of hydrogen-bond donors (Lipinski definition) is 1. The zero-order valence-corrected chi connectivity index (χ0v) is 19.6. The van der Waals surface area contributed by atoms with Crippen LogP contribution in [0.2, 0.25) is 0 Å². The molecule has 0 spiro atoms. The fourth-order valence-electron chi connectivity index (χ4n) is 5.32. The molecule has 3 nitrogen and oxygen atoms in total. The Hall–Kier alpha value is -1.92. The van der Waals surface area contributed by atoms with E-state index in [0.29, 0.717) is 18.4 Å². The molecular formula is C26H32F3NO2. The molecule has 0 radical (unpaired) electrons. The summed E-state index contributed by atoms with van der Waals surface area (Å²) in [5.74, 6) is 0.107. The number of aromatic nitrogens is 1. The summed E-state index contributed by atoms with van der Waals surface area (Å²) in [5, 5.41) is 11.2. The Morgan fingerprint density at radius 3 is 2.28 bits per heavy atom. The van der Waals surface area contributed by atoms with Gasteiger partial charge in [0.1, 0.15) is 6.10 Å². The number of ether oxygens (including phenoxy) is 1. The number of nitrogens with zero attached hydrogens (tertiary/aromatic N) is 1. The largest absolute Gasteiger partial charge is 0.416 e. The third-order valence-electron chi connectivity index (χ3n) is 7.04. The number of aliphatic hydroxyl groups excluding tert-OH is 1. The second-order valence-corrected chi connectivity index (χ2v) is 10.6. The van der Waals surface area contributed by atoms with E-state index in [1.165, 1.54) is 12.1 Å². The van der Waals surface area contributed by atoms with Crippen LogP contribution in [0.15, 0.2) is 24.3 Å². The van der Waals surface area contributed by atoms with Crippen molar-refractivity contribution in [2.75, 3.05) is 0 Å². The standard InChI is InChI=1S/C26H32F3NO2/c1-7-25(6)21-19-17(12-24(4,5)13-18(19)31)30-22(14(2)3)20(21)23(32-25)15-8-10-16(11-9-15)26(27,28)29/h8-11,14,18,23,31H,7,12-13H2,1-6H3. The molecule has 1 N–H and O–H groups in total. The van der Waals surface area contributed by atoms with E-state index < -0.39 is 29.5 Å². The van der Waals surface area contributed by atoms with Crippen LogP contribution in [0.4, 0.5) is 13.2 Å². The van der Waals surface area contributed by atoms with Gasteiger partial charge in [-0.3, -0.25) is 4.98 Å². The van der Waals surface area contributed by atoms with E-state index in [2.05, 4.69) is 27.7 Å². The van der Waals surface area contributed by atoms with Crippen molar-refractivity contribution in [2.24, 2.45) is 5.41 Å². The molecule has 1 aromatic carbocycles. The fourth-order valence-corrected chi connectivity index (χ4v) is 5.32. The number of benzene rings is 1. The first-order chi connectivity index (χ1) is 14.8. The molecule has 0 saturated carbocycles. The van der Waals surface area contributed by atoms with Gasteiger partial charge in [-0.25, -0.2) is 0 Å².